The highest BCUT2D eigenvalue weighted by atomic mass is 32.1. The number of aliphatic imine (C=N–C) groups is 1. The lowest BCUT2D eigenvalue weighted by Gasteiger charge is -2.18. The number of hydrogen-bond donors (Lipinski definition) is 2. The number of carbonyl (C=O) groups excluding carboxylic acids is 2. The Bertz CT molecular complexity index is 1320. The molecule has 0 spiro atoms. The zero-order valence-corrected chi connectivity index (χ0v) is 20.7. The normalized spacial score (nSPS) is 18.2. The Labute approximate surface area is 214 Å². The number of alkyl halides is 3. The SMILES string of the molecule is C=C1C=CC(=NC(=O)c2c[nH+]c(C(C)NC(=O)c3ncnc(N)c3CN3CCCC3)s2)C=C1C(F)(F)F. The van der Waals surface area contributed by atoms with Crippen molar-refractivity contribution in [3.05, 3.63) is 69.6 Å². The lowest BCUT2D eigenvalue weighted by Crippen LogP contribution is -2.32. The number of carbonyl (C=O) groups is 2. The quantitative estimate of drug-likeness (QED) is 0.588. The number of rotatable bonds is 6. The van der Waals surface area contributed by atoms with Gasteiger partial charge in [0.15, 0.2) is 11.1 Å². The van der Waals surface area contributed by atoms with Crippen LogP contribution in [-0.4, -0.2) is 51.7 Å². The molecule has 9 nitrogen and oxygen atoms in total. The fraction of sp³-hybridized carbons (Fsp3) is 0.333. The molecule has 13 heteroatoms. The third-order valence-electron chi connectivity index (χ3n) is 5.92. The predicted octanol–water partition coefficient (Wildman–Crippen LogP) is 3.22. The topological polar surface area (TPSA) is 128 Å². The molecule has 1 atom stereocenters. The van der Waals surface area contributed by atoms with Crippen molar-refractivity contribution in [2.45, 2.75) is 38.5 Å². The first-order valence-corrected chi connectivity index (χ1v) is 12.3. The average molecular weight is 533 g/mol. The Kier molecular flexibility index (Phi) is 7.64. The third kappa shape index (κ3) is 6.17. The van der Waals surface area contributed by atoms with Gasteiger partial charge in [0.25, 0.3) is 16.8 Å². The van der Waals surface area contributed by atoms with Crippen LogP contribution in [0.1, 0.15) is 56.5 Å². The number of H-pyrrole nitrogens is 1. The van der Waals surface area contributed by atoms with Crippen molar-refractivity contribution in [1.82, 2.24) is 20.2 Å². The summed E-state index contributed by atoms with van der Waals surface area (Å²) in [6, 6.07) is -0.530. The van der Waals surface area contributed by atoms with Gasteiger partial charge in [-0.05, 0) is 50.6 Å². The maximum absolute atomic E-state index is 13.1. The molecule has 0 saturated carbocycles. The summed E-state index contributed by atoms with van der Waals surface area (Å²) >= 11 is 1.04. The molecule has 194 valence electrons. The number of aromatic nitrogens is 3. The van der Waals surface area contributed by atoms with Gasteiger partial charge in [-0.25, -0.2) is 19.9 Å². The van der Waals surface area contributed by atoms with Crippen LogP contribution in [0.25, 0.3) is 0 Å². The first-order chi connectivity index (χ1) is 17.5. The average Bonchev–Trinajstić information content (AvgIpc) is 3.53. The summed E-state index contributed by atoms with van der Waals surface area (Å²) in [5.41, 5.74) is 5.50. The van der Waals surface area contributed by atoms with Crippen LogP contribution in [0.4, 0.5) is 19.0 Å². The van der Waals surface area contributed by atoms with Crippen LogP contribution >= 0.6 is 11.3 Å². The van der Waals surface area contributed by atoms with E-state index in [2.05, 4.69) is 36.7 Å². The molecule has 4 rings (SSSR count). The Morgan fingerprint density at radius 3 is 2.73 bits per heavy atom. The van der Waals surface area contributed by atoms with Gasteiger partial charge in [-0.15, -0.1) is 0 Å². The van der Waals surface area contributed by atoms with Gasteiger partial charge in [-0.2, -0.15) is 13.2 Å². The molecule has 2 amide bonds. The van der Waals surface area contributed by atoms with Crippen molar-refractivity contribution in [3.8, 4) is 0 Å². The summed E-state index contributed by atoms with van der Waals surface area (Å²) in [7, 11) is 0. The van der Waals surface area contributed by atoms with Crippen molar-refractivity contribution in [2.75, 3.05) is 18.8 Å². The molecule has 1 aliphatic carbocycles. The van der Waals surface area contributed by atoms with Crippen LogP contribution in [0.2, 0.25) is 0 Å². The fourth-order valence-corrected chi connectivity index (χ4v) is 4.82. The van der Waals surface area contributed by atoms with E-state index in [9.17, 15) is 22.8 Å². The maximum Gasteiger partial charge on any atom is 0.417 e. The van der Waals surface area contributed by atoms with Gasteiger partial charge in [-0.1, -0.05) is 24.0 Å². The van der Waals surface area contributed by atoms with Crippen molar-refractivity contribution < 1.29 is 27.7 Å². The van der Waals surface area contributed by atoms with E-state index in [0.29, 0.717) is 17.1 Å². The van der Waals surface area contributed by atoms with Crippen molar-refractivity contribution in [3.63, 3.8) is 0 Å². The molecule has 1 unspecified atom stereocenters. The van der Waals surface area contributed by atoms with Crippen LogP contribution in [0.15, 0.2) is 53.5 Å². The van der Waals surface area contributed by atoms with E-state index < -0.39 is 29.6 Å². The van der Waals surface area contributed by atoms with E-state index >= 15 is 0 Å². The van der Waals surface area contributed by atoms with Crippen LogP contribution in [0.3, 0.4) is 0 Å². The second-order valence-corrected chi connectivity index (χ2v) is 9.72. The van der Waals surface area contributed by atoms with Gasteiger partial charge < -0.3 is 11.1 Å². The van der Waals surface area contributed by atoms with Gasteiger partial charge in [0.05, 0.1) is 11.3 Å². The summed E-state index contributed by atoms with van der Waals surface area (Å²) in [4.78, 5) is 42.9. The molecule has 0 bridgehead atoms. The molecule has 1 saturated heterocycles. The molecule has 1 fully saturated rings. The van der Waals surface area contributed by atoms with Crippen molar-refractivity contribution in [2.24, 2.45) is 4.99 Å². The van der Waals surface area contributed by atoms with Crippen LogP contribution in [-0.2, 0) is 6.54 Å². The summed E-state index contributed by atoms with van der Waals surface area (Å²) in [5.74, 6) is -0.909. The Hall–Kier alpha value is -3.71. The number of hydrogen-bond acceptors (Lipinski definition) is 7. The van der Waals surface area contributed by atoms with Gasteiger partial charge in [0.1, 0.15) is 23.9 Å². The Morgan fingerprint density at radius 1 is 1.30 bits per heavy atom. The number of amides is 2. The van der Waals surface area contributed by atoms with Gasteiger partial charge in [0, 0.05) is 12.1 Å². The maximum atomic E-state index is 13.1. The summed E-state index contributed by atoms with van der Waals surface area (Å²) < 4.78 is 39.4. The molecular weight excluding hydrogens is 507 g/mol. The number of anilines is 1. The van der Waals surface area contributed by atoms with Crippen LogP contribution < -0.4 is 16.0 Å². The number of likely N-dealkylation sites (tertiary alicyclic amines) is 1. The van der Waals surface area contributed by atoms with Crippen molar-refractivity contribution >= 4 is 34.7 Å². The number of aromatic amines is 1. The van der Waals surface area contributed by atoms with E-state index in [-0.39, 0.29) is 27.7 Å². The standard InChI is InChI=1S/C24H24F3N7O2S/c1-13-5-6-15(9-17(13)24(25,26)27)33-21(35)18-10-29-23(37-18)14(2)32-22(36)19-16(20(28)31-12-30-19)11-34-7-3-4-8-34/h5-6,9-10,12,14H,1,3-4,7-8,11H2,2H3,(H,32,36)(H2,28,30,31)/p+1. The van der Waals surface area contributed by atoms with Crippen LogP contribution in [0.5, 0.6) is 0 Å². The minimum Gasteiger partial charge on any atom is -0.383 e. The predicted molar refractivity (Wildman–Crippen MR) is 132 cm³/mol. The second kappa shape index (κ2) is 10.7. The van der Waals surface area contributed by atoms with Gasteiger partial charge >= 0.3 is 6.18 Å². The number of nitrogens with two attached hydrogens (primary N) is 1. The number of nitrogens with zero attached hydrogens (tertiary/aromatic N) is 4. The molecule has 0 radical (unpaired) electrons. The summed E-state index contributed by atoms with van der Waals surface area (Å²) in [6.45, 7) is 7.38. The zero-order chi connectivity index (χ0) is 26.7. The summed E-state index contributed by atoms with van der Waals surface area (Å²) in [5, 5.41) is 3.38. The van der Waals surface area contributed by atoms with E-state index in [4.69, 9.17) is 5.73 Å². The molecule has 2 aromatic heterocycles. The monoisotopic (exact) mass is 532 g/mol. The van der Waals surface area contributed by atoms with Gasteiger partial charge in [-0.3, -0.25) is 14.5 Å². The largest absolute Gasteiger partial charge is 0.417 e. The molecule has 37 heavy (non-hydrogen) atoms. The molecule has 2 aromatic rings. The van der Waals surface area contributed by atoms with Gasteiger partial charge in [0.2, 0.25) is 0 Å². The summed E-state index contributed by atoms with van der Waals surface area (Å²) in [6.07, 6.45) is 3.44. The van der Waals surface area contributed by atoms with Crippen molar-refractivity contribution in [1.29, 1.82) is 0 Å². The fourth-order valence-electron chi connectivity index (χ4n) is 3.98. The molecular formula is C24H25F3N7O2S+. The molecule has 4 N–H and O–H groups in total. The first-order valence-electron chi connectivity index (χ1n) is 11.5. The Morgan fingerprint density at radius 2 is 2.03 bits per heavy atom. The molecule has 0 aromatic carbocycles. The Balaban J connectivity index is 1.46. The van der Waals surface area contributed by atoms with E-state index in [1.54, 1.807) is 6.92 Å². The first kappa shape index (κ1) is 26.4. The number of halogens is 3. The number of nitrogen functional groups attached to an aromatic ring is 1. The smallest absolute Gasteiger partial charge is 0.383 e. The van der Waals surface area contributed by atoms with E-state index in [0.717, 1.165) is 49.4 Å². The highest BCUT2D eigenvalue weighted by Gasteiger charge is 2.36. The zero-order valence-electron chi connectivity index (χ0n) is 19.9. The second-order valence-electron chi connectivity index (χ2n) is 8.64. The van der Waals surface area contributed by atoms with E-state index in [1.807, 2.05) is 0 Å². The van der Waals surface area contributed by atoms with Crippen LogP contribution in [0, 0.1) is 0 Å². The minimum absolute atomic E-state index is 0.132. The number of nitrogens with one attached hydrogen (secondary N) is 2. The number of allylic oxidation sites excluding steroid dienone is 5. The molecule has 3 heterocycles. The van der Waals surface area contributed by atoms with E-state index in [1.165, 1.54) is 18.6 Å². The lowest BCUT2D eigenvalue weighted by molar-refractivity contribution is -0.385. The minimum atomic E-state index is -4.61. The molecule has 1 aliphatic heterocycles. The highest BCUT2D eigenvalue weighted by molar-refractivity contribution is 7.13. The molecule has 2 aliphatic rings. The lowest BCUT2D eigenvalue weighted by atomic mass is 10.00. The number of thiazole rings is 1. The third-order valence-corrected chi connectivity index (χ3v) is 7.12. The highest BCUT2D eigenvalue weighted by Crippen LogP contribution is 2.33.